The maximum atomic E-state index is 12.9. The molecule has 0 saturated carbocycles. The third-order valence-corrected chi connectivity index (χ3v) is 3.69. The Bertz CT molecular complexity index is 914. The Hall–Kier alpha value is -3.09. The van der Waals surface area contributed by atoms with Gasteiger partial charge in [0.2, 0.25) is 0 Å². The third-order valence-electron chi connectivity index (χ3n) is 3.49. The van der Waals surface area contributed by atoms with Crippen LogP contribution >= 0.6 is 12.2 Å². The summed E-state index contributed by atoms with van der Waals surface area (Å²) in [5.41, 5.74) is -3.75. The molecule has 0 heterocycles. The van der Waals surface area contributed by atoms with Crippen molar-refractivity contribution in [3.8, 4) is 5.75 Å². The number of nitro benzene ring substituents is 1. The molecule has 0 aliphatic heterocycles. The van der Waals surface area contributed by atoms with Crippen LogP contribution in [0.4, 0.5) is 43.4 Å². The number of benzene rings is 2. The summed E-state index contributed by atoms with van der Waals surface area (Å²) in [7, 11) is 1.21. The number of ether oxygens (including phenoxy) is 1. The van der Waals surface area contributed by atoms with Crippen molar-refractivity contribution < 1.29 is 36.0 Å². The van der Waals surface area contributed by atoms with Crippen LogP contribution in [0.2, 0.25) is 0 Å². The van der Waals surface area contributed by atoms with Crippen molar-refractivity contribution in [3.63, 3.8) is 0 Å². The van der Waals surface area contributed by atoms with Gasteiger partial charge in [0.15, 0.2) is 5.11 Å². The molecule has 0 aromatic heterocycles. The van der Waals surface area contributed by atoms with Gasteiger partial charge in [-0.05, 0) is 36.5 Å². The Morgan fingerprint density at radius 2 is 1.55 bits per heavy atom. The van der Waals surface area contributed by atoms with Crippen molar-refractivity contribution in [3.05, 3.63) is 57.6 Å². The first-order valence-corrected chi connectivity index (χ1v) is 7.92. The second-order valence-electron chi connectivity index (χ2n) is 5.52. The van der Waals surface area contributed by atoms with Crippen LogP contribution in [0.1, 0.15) is 11.1 Å². The Balaban J connectivity index is 2.30. The van der Waals surface area contributed by atoms with Gasteiger partial charge in [-0.25, -0.2) is 0 Å². The molecular weight excluding hydrogens is 428 g/mol. The molecule has 13 heteroatoms. The number of anilines is 2. The molecule has 0 aliphatic rings. The van der Waals surface area contributed by atoms with Crippen LogP contribution in [0, 0.1) is 10.1 Å². The maximum Gasteiger partial charge on any atom is 0.416 e. The topological polar surface area (TPSA) is 76.4 Å². The van der Waals surface area contributed by atoms with E-state index < -0.39 is 34.1 Å². The van der Waals surface area contributed by atoms with Gasteiger partial charge in [-0.2, -0.15) is 26.3 Å². The molecular formula is C16H11F6N3O3S. The van der Waals surface area contributed by atoms with Crippen LogP contribution in [0.15, 0.2) is 36.4 Å². The van der Waals surface area contributed by atoms with Crippen LogP contribution in [0.25, 0.3) is 0 Å². The Kier molecular flexibility index (Phi) is 6.21. The molecule has 0 aliphatic carbocycles. The first-order valence-electron chi connectivity index (χ1n) is 7.51. The van der Waals surface area contributed by atoms with Gasteiger partial charge >= 0.3 is 12.4 Å². The van der Waals surface area contributed by atoms with Crippen LogP contribution in [-0.2, 0) is 12.4 Å². The first kappa shape index (κ1) is 22.2. The van der Waals surface area contributed by atoms with E-state index in [-0.39, 0.29) is 28.3 Å². The highest BCUT2D eigenvalue weighted by Gasteiger charge is 2.37. The molecule has 2 rings (SSSR count). The van der Waals surface area contributed by atoms with Gasteiger partial charge in [0.05, 0.1) is 34.9 Å². The number of rotatable bonds is 4. The molecule has 0 saturated heterocycles. The molecule has 6 nitrogen and oxygen atoms in total. The van der Waals surface area contributed by atoms with Crippen molar-refractivity contribution in [1.82, 2.24) is 0 Å². The van der Waals surface area contributed by atoms with E-state index in [0.717, 1.165) is 12.1 Å². The zero-order valence-electron chi connectivity index (χ0n) is 14.3. The van der Waals surface area contributed by atoms with E-state index in [4.69, 9.17) is 17.0 Å². The van der Waals surface area contributed by atoms with Gasteiger partial charge in [-0.15, -0.1) is 0 Å². The number of alkyl halides is 6. The lowest BCUT2D eigenvalue weighted by Gasteiger charge is -2.17. The average molecular weight is 439 g/mol. The van der Waals surface area contributed by atoms with Crippen molar-refractivity contribution in [2.75, 3.05) is 17.7 Å². The van der Waals surface area contributed by atoms with E-state index in [1.165, 1.54) is 13.2 Å². The number of methoxy groups -OCH3 is 1. The van der Waals surface area contributed by atoms with E-state index >= 15 is 0 Å². The van der Waals surface area contributed by atoms with Gasteiger partial charge in [0.25, 0.3) is 5.69 Å². The number of non-ortho nitro benzene ring substituents is 1. The fourth-order valence-electron chi connectivity index (χ4n) is 2.21. The summed E-state index contributed by atoms with van der Waals surface area (Å²) in [5.74, 6) is -0.0108. The lowest BCUT2D eigenvalue weighted by atomic mass is 10.1. The van der Waals surface area contributed by atoms with E-state index in [1.807, 2.05) is 0 Å². The molecule has 0 amide bonds. The smallest absolute Gasteiger partial charge is 0.416 e. The molecule has 2 N–H and O–H groups in total. The minimum Gasteiger partial charge on any atom is -0.494 e. The largest absolute Gasteiger partial charge is 0.494 e. The highest BCUT2D eigenvalue weighted by molar-refractivity contribution is 7.80. The highest BCUT2D eigenvalue weighted by Crippen LogP contribution is 2.37. The fraction of sp³-hybridized carbons (Fsp3) is 0.188. The number of nitrogens with zero attached hydrogens (tertiary/aromatic N) is 1. The molecule has 0 fully saturated rings. The van der Waals surface area contributed by atoms with Crippen LogP contribution in [0.5, 0.6) is 5.75 Å². The number of thiocarbonyl (C=S) groups is 1. The lowest BCUT2D eigenvalue weighted by molar-refractivity contribution is -0.384. The Morgan fingerprint density at radius 1 is 1.00 bits per heavy atom. The standard InChI is InChI=1S/C16H11F6N3O3S/c1-28-13-7-11(25(26)27)2-3-12(13)24-14(29)23-10-5-8(15(17,18)19)4-9(6-10)16(20,21)22/h2-7H,1H3,(H2,23,24,29). The first-order chi connectivity index (χ1) is 13.3. The molecule has 29 heavy (non-hydrogen) atoms. The number of nitro groups is 1. The summed E-state index contributed by atoms with van der Waals surface area (Å²) in [6.45, 7) is 0. The van der Waals surface area contributed by atoms with E-state index in [1.54, 1.807) is 0 Å². The summed E-state index contributed by atoms with van der Waals surface area (Å²) in [6.07, 6.45) is -10.0. The van der Waals surface area contributed by atoms with E-state index in [0.29, 0.717) is 12.1 Å². The van der Waals surface area contributed by atoms with Crippen LogP contribution < -0.4 is 15.4 Å². The van der Waals surface area contributed by atoms with Gasteiger partial charge in [-0.3, -0.25) is 10.1 Å². The van der Waals surface area contributed by atoms with E-state index in [9.17, 15) is 36.5 Å². The zero-order valence-corrected chi connectivity index (χ0v) is 15.1. The highest BCUT2D eigenvalue weighted by atomic mass is 32.1. The second kappa shape index (κ2) is 8.11. The number of nitrogens with one attached hydrogen (secondary N) is 2. The summed E-state index contributed by atoms with van der Waals surface area (Å²) in [6, 6.07) is 4.32. The zero-order chi connectivity index (χ0) is 22.0. The molecule has 0 radical (unpaired) electrons. The Labute approximate surface area is 164 Å². The minimum atomic E-state index is -5.01. The molecule has 2 aromatic rings. The number of hydrogen-bond donors (Lipinski definition) is 2. The summed E-state index contributed by atoms with van der Waals surface area (Å²) >= 11 is 4.91. The lowest BCUT2D eigenvalue weighted by Crippen LogP contribution is -2.21. The molecule has 0 unspecified atom stereocenters. The van der Waals surface area contributed by atoms with Crippen molar-refractivity contribution in [2.45, 2.75) is 12.4 Å². The van der Waals surface area contributed by atoms with Crippen molar-refractivity contribution in [2.24, 2.45) is 0 Å². The normalized spacial score (nSPS) is 11.7. The monoisotopic (exact) mass is 439 g/mol. The van der Waals surface area contributed by atoms with E-state index in [2.05, 4.69) is 10.6 Å². The molecule has 0 atom stereocenters. The molecule has 156 valence electrons. The van der Waals surface area contributed by atoms with Gasteiger partial charge < -0.3 is 15.4 Å². The van der Waals surface area contributed by atoms with Gasteiger partial charge in [0.1, 0.15) is 5.75 Å². The van der Waals surface area contributed by atoms with Crippen LogP contribution in [-0.4, -0.2) is 17.1 Å². The number of halogens is 6. The fourth-order valence-corrected chi connectivity index (χ4v) is 2.44. The third kappa shape index (κ3) is 5.70. The maximum absolute atomic E-state index is 12.9. The summed E-state index contributed by atoms with van der Waals surface area (Å²) in [4.78, 5) is 10.1. The predicted molar refractivity (Wildman–Crippen MR) is 95.9 cm³/mol. The summed E-state index contributed by atoms with van der Waals surface area (Å²) < 4.78 is 82.4. The quantitative estimate of drug-likeness (QED) is 0.286. The SMILES string of the molecule is COc1cc([N+](=O)[O-])ccc1NC(=S)Nc1cc(C(F)(F)F)cc(C(F)(F)F)c1. The van der Waals surface area contributed by atoms with Gasteiger partial charge in [-0.1, -0.05) is 0 Å². The average Bonchev–Trinajstić information content (AvgIpc) is 2.60. The second-order valence-corrected chi connectivity index (χ2v) is 5.92. The van der Waals surface area contributed by atoms with Crippen LogP contribution in [0.3, 0.4) is 0 Å². The minimum absolute atomic E-state index is 0.0108. The number of hydrogen-bond acceptors (Lipinski definition) is 4. The molecule has 0 bridgehead atoms. The summed E-state index contributed by atoms with van der Waals surface area (Å²) in [5, 5.41) is 15.2. The molecule has 2 aromatic carbocycles. The van der Waals surface area contributed by atoms with Gasteiger partial charge in [0, 0.05) is 11.8 Å². The Morgan fingerprint density at radius 3 is 2.00 bits per heavy atom. The van der Waals surface area contributed by atoms with Crippen molar-refractivity contribution >= 4 is 34.4 Å². The predicted octanol–water partition coefficient (Wildman–Crippen LogP) is 5.45. The molecule has 0 spiro atoms. The van der Waals surface area contributed by atoms with Crippen molar-refractivity contribution in [1.29, 1.82) is 0 Å².